The van der Waals surface area contributed by atoms with Gasteiger partial charge in [-0.15, -0.1) is 0 Å². The highest BCUT2D eigenvalue weighted by molar-refractivity contribution is 5.80. The molecule has 0 bridgehead atoms. The van der Waals surface area contributed by atoms with Gasteiger partial charge in [0, 0.05) is 25.6 Å². The average Bonchev–Trinajstić information content (AvgIpc) is 2.94. The molecule has 3 unspecified atom stereocenters. The van der Waals surface area contributed by atoms with Crippen molar-refractivity contribution >= 4 is 11.9 Å². The third kappa shape index (κ3) is 3.02. The molecule has 1 amide bonds. The van der Waals surface area contributed by atoms with E-state index in [1.165, 1.54) is 0 Å². The molecule has 5 nitrogen and oxygen atoms in total. The Kier molecular flexibility index (Phi) is 4.22. The maximum absolute atomic E-state index is 12.3. The van der Waals surface area contributed by atoms with Gasteiger partial charge in [0.2, 0.25) is 5.91 Å². The molecule has 0 saturated carbocycles. The van der Waals surface area contributed by atoms with Crippen LogP contribution in [0, 0.1) is 11.8 Å². The lowest BCUT2D eigenvalue weighted by molar-refractivity contribution is -0.137. The summed E-state index contributed by atoms with van der Waals surface area (Å²) in [7, 11) is 0. The second-order valence-electron chi connectivity index (χ2n) is 5.51. The summed E-state index contributed by atoms with van der Waals surface area (Å²) in [4.78, 5) is 24.8. The molecule has 2 rings (SSSR count). The zero-order chi connectivity index (χ0) is 13.1. The van der Waals surface area contributed by atoms with Crippen molar-refractivity contribution in [2.75, 3.05) is 19.6 Å². The molecule has 0 aliphatic carbocycles. The van der Waals surface area contributed by atoms with Crippen molar-refractivity contribution in [2.24, 2.45) is 11.8 Å². The third-order valence-electron chi connectivity index (χ3n) is 4.21. The summed E-state index contributed by atoms with van der Waals surface area (Å²) in [5.41, 5.74) is 0. The van der Waals surface area contributed by atoms with Crippen molar-refractivity contribution in [3.8, 4) is 0 Å². The fourth-order valence-corrected chi connectivity index (χ4v) is 3.03. The van der Waals surface area contributed by atoms with Gasteiger partial charge in [0.1, 0.15) is 0 Å². The normalized spacial score (nSPS) is 31.8. The topological polar surface area (TPSA) is 69.6 Å². The number of carbonyl (C=O) groups is 2. The smallest absolute Gasteiger partial charge is 0.303 e. The highest BCUT2D eigenvalue weighted by Gasteiger charge is 2.35. The molecule has 0 aromatic rings. The number of nitrogens with one attached hydrogen (secondary N) is 1. The molecule has 2 fully saturated rings. The number of amides is 1. The maximum atomic E-state index is 12.3. The standard InChI is InChI=1S/C13H22N2O3/c1-9-11(4-6-14-9)13(18)15-7-5-10(8-15)2-3-12(16)17/h9-11,14H,2-8H2,1H3,(H,16,17). The molecule has 0 spiro atoms. The first kappa shape index (κ1) is 13.3. The summed E-state index contributed by atoms with van der Waals surface area (Å²) in [6.07, 6.45) is 2.79. The molecule has 102 valence electrons. The van der Waals surface area contributed by atoms with Crippen LogP contribution in [0.25, 0.3) is 0 Å². The lowest BCUT2D eigenvalue weighted by Gasteiger charge is -2.22. The minimum absolute atomic E-state index is 0.114. The first-order chi connectivity index (χ1) is 8.58. The number of aliphatic carboxylic acids is 1. The highest BCUT2D eigenvalue weighted by atomic mass is 16.4. The van der Waals surface area contributed by atoms with E-state index in [9.17, 15) is 9.59 Å². The first-order valence-electron chi connectivity index (χ1n) is 6.82. The van der Waals surface area contributed by atoms with Gasteiger partial charge in [0.15, 0.2) is 0 Å². The van der Waals surface area contributed by atoms with E-state index >= 15 is 0 Å². The van der Waals surface area contributed by atoms with Gasteiger partial charge in [-0.3, -0.25) is 9.59 Å². The fourth-order valence-electron chi connectivity index (χ4n) is 3.03. The third-order valence-corrected chi connectivity index (χ3v) is 4.21. The van der Waals surface area contributed by atoms with E-state index in [0.29, 0.717) is 12.3 Å². The Morgan fingerprint density at radius 2 is 2.17 bits per heavy atom. The predicted octanol–water partition coefficient (Wildman–Crippen LogP) is 0.698. The van der Waals surface area contributed by atoms with Gasteiger partial charge < -0.3 is 15.3 Å². The van der Waals surface area contributed by atoms with Crippen molar-refractivity contribution in [1.82, 2.24) is 10.2 Å². The van der Waals surface area contributed by atoms with E-state index in [1.807, 2.05) is 4.90 Å². The van der Waals surface area contributed by atoms with E-state index in [4.69, 9.17) is 5.11 Å². The van der Waals surface area contributed by atoms with E-state index in [-0.39, 0.29) is 24.3 Å². The molecule has 2 N–H and O–H groups in total. The lowest BCUT2D eigenvalue weighted by Crippen LogP contribution is -2.39. The van der Waals surface area contributed by atoms with Crippen molar-refractivity contribution in [2.45, 2.75) is 38.6 Å². The van der Waals surface area contributed by atoms with Crippen LogP contribution in [0.15, 0.2) is 0 Å². The van der Waals surface area contributed by atoms with Crippen LogP contribution in [0.1, 0.15) is 32.6 Å². The van der Waals surface area contributed by atoms with Gasteiger partial charge >= 0.3 is 5.97 Å². The second kappa shape index (κ2) is 5.69. The van der Waals surface area contributed by atoms with E-state index in [2.05, 4.69) is 12.2 Å². The molecular weight excluding hydrogens is 232 g/mol. The zero-order valence-corrected chi connectivity index (χ0v) is 10.9. The van der Waals surface area contributed by atoms with Gasteiger partial charge in [-0.1, -0.05) is 0 Å². The Morgan fingerprint density at radius 1 is 1.39 bits per heavy atom. The van der Waals surface area contributed by atoms with Crippen LogP contribution in [-0.4, -0.2) is 47.6 Å². The van der Waals surface area contributed by atoms with E-state index in [1.54, 1.807) is 0 Å². The van der Waals surface area contributed by atoms with Crippen LogP contribution < -0.4 is 5.32 Å². The molecule has 18 heavy (non-hydrogen) atoms. The SMILES string of the molecule is CC1NCCC1C(=O)N1CCC(CCC(=O)O)C1. The van der Waals surface area contributed by atoms with E-state index < -0.39 is 5.97 Å². The van der Waals surface area contributed by atoms with Gasteiger partial charge in [0.05, 0.1) is 5.92 Å². The van der Waals surface area contributed by atoms with Crippen LogP contribution >= 0.6 is 0 Å². The Hall–Kier alpha value is -1.10. The summed E-state index contributed by atoms with van der Waals surface area (Å²) < 4.78 is 0. The minimum atomic E-state index is -0.742. The summed E-state index contributed by atoms with van der Waals surface area (Å²) in [6.45, 7) is 4.53. The number of carboxylic acids is 1. The van der Waals surface area contributed by atoms with Crippen LogP contribution in [0.2, 0.25) is 0 Å². The average molecular weight is 254 g/mol. The number of hydrogen-bond acceptors (Lipinski definition) is 3. The number of carboxylic acid groups (broad SMARTS) is 1. The summed E-state index contributed by atoms with van der Waals surface area (Å²) >= 11 is 0. The lowest BCUT2D eigenvalue weighted by atomic mass is 10.0. The largest absolute Gasteiger partial charge is 0.481 e. The Labute approximate surface area is 108 Å². The number of rotatable bonds is 4. The quantitative estimate of drug-likeness (QED) is 0.774. The summed E-state index contributed by atoms with van der Waals surface area (Å²) in [6, 6.07) is 0.274. The molecule has 5 heteroatoms. The predicted molar refractivity (Wildman–Crippen MR) is 67.1 cm³/mol. The molecule has 0 aromatic carbocycles. The number of carbonyl (C=O) groups excluding carboxylic acids is 1. The van der Waals surface area contributed by atoms with Gasteiger partial charge in [-0.2, -0.15) is 0 Å². The highest BCUT2D eigenvalue weighted by Crippen LogP contribution is 2.25. The van der Waals surface area contributed by atoms with Gasteiger partial charge in [-0.05, 0) is 38.6 Å². The Morgan fingerprint density at radius 3 is 2.78 bits per heavy atom. The van der Waals surface area contributed by atoms with Gasteiger partial charge in [-0.25, -0.2) is 0 Å². The summed E-state index contributed by atoms with van der Waals surface area (Å²) in [5, 5.41) is 12.0. The number of nitrogens with zero attached hydrogens (tertiary/aromatic N) is 1. The summed E-state index contributed by atoms with van der Waals surface area (Å²) in [5.74, 6) is -0.00309. The maximum Gasteiger partial charge on any atom is 0.303 e. The molecule has 0 aromatic heterocycles. The van der Waals surface area contributed by atoms with Gasteiger partial charge in [0.25, 0.3) is 0 Å². The van der Waals surface area contributed by atoms with Crippen molar-refractivity contribution in [3.63, 3.8) is 0 Å². The van der Waals surface area contributed by atoms with Crippen LogP contribution in [-0.2, 0) is 9.59 Å². The van der Waals surface area contributed by atoms with Crippen LogP contribution in [0.3, 0.4) is 0 Å². The molecule has 2 aliphatic heterocycles. The van der Waals surface area contributed by atoms with Crippen molar-refractivity contribution in [3.05, 3.63) is 0 Å². The van der Waals surface area contributed by atoms with Crippen molar-refractivity contribution in [1.29, 1.82) is 0 Å². The van der Waals surface area contributed by atoms with Crippen LogP contribution in [0.4, 0.5) is 0 Å². The van der Waals surface area contributed by atoms with Crippen molar-refractivity contribution < 1.29 is 14.7 Å². The molecule has 2 saturated heterocycles. The molecule has 3 atom stereocenters. The first-order valence-corrected chi connectivity index (χ1v) is 6.82. The molecule has 2 aliphatic rings. The minimum Gasteiger partial charge on any atom is -0.481 e. The monoisotopic (exact) mass is 254 g/mol. The Balaban J connectivity index is 1.81. The fraction of sp³-hybridized carbons (Fsp3) is 0.846. The van der Waals surface area contributed by atoms with E-state index in [0.717, 1.165) is 32.5 Å². The zero-order valence-electron chi connectivity index (χ0n) is 10.9. The number of hydrogen-bond donors (Lipinski definition) is 2. The van der Waals surface area contributed by atoms with Crippen LogP contribution in [0.5, 0.6) is 0 Å². The Bertz CT molecular complexity index is 332. The molecule has 2 heterocycles. The second-order valence-corrected chi connectivity index (χ2v) is 5.51. The number of likely N-dealkylation sites (tertiary alicyclic amines) is 1. The molecular formula is C13H22N2O3. The molecule has 0 radical (unpaired) electrons.